The summed E-state index contributed by atoms with van der Waals surface area (Å²) in [6, 6.07) is 3.52. The van der Waals surface area contributed by atoms with Gasteiger partial charge in [-0.15, -0.1) is 5.10 Å². The molecule has 9 nitrogen and oxygen atoms in total. The Morgan fingerprint density at radius 1 is 1.30 bits per heavy atom. The first-order valence-electron chi connectivity index (χ1n) is 7.52. The highest BCUT2D eigenvalue weighted by Gasteiger charge is 2.29. The average molecular weight is 312 g/mol. The van der Waals surface area contributed by atoms with Crippen LogP contribution in [0.15, 0.2) is 36.9 Å². The van der Waals surface area contributed by atoms with E-state index < -0.39 is 0 Å². The molecule has 2 amide bonds. The van der Waals surface area contributed by atoms with E-state index in [0.29, 0.717) is 18.0 Å². The van der Waals surface area contributed by atoms with E-state index in [1.54, 1.807) is 39.9 Å². The summed E-state index contributed by atoms with van der Waals surface area (Å²) in [5, 5.41) is 14.9. The van der Waals surface area contributed by atoms with Crippen molar-refractivity contribution in [2.45, 2.75) is 25.4 Å². The fraction of sp³-hybridized carbons (Fsp3) is 0.357. The fourth-order valence-electron chi connectivity index (χ4n) is 2.95. The molecule has 3 aromatic heterocycles. The normalized spacial score (nSPS) is 17.7. The molecule has 23 heavy (non-hydrogen) atoms. The number of aromatic nitrogens is 6. The van der Waals surface area contributed by atoms with Gasteiger partial charge >= 0.3 is 6.03 Å². The van der Waals surface area contributed by atoms with Crippen LogP contribution in [-0.2, 0) is 6.54 Å². The number of anilines is 1. The van der Waals surface area contributed by atoms with Gasteiger partial charge in [-0.3, -0.25) is 10.00 Å². The predicted molar refractivity (Wildman–Crippen MR) is 81.8 cm³/mol. The second-order valence-corrected chi connectivity index (χ2v) is 5.48. The molecule has 0 saturated carbocycles. The molecular formula is C14H16N8O. The van der Waals surface area contributed by atoms with E-state index in [4.69, 9.17) is 0 Å². The second kappa shape index (κ2) is 5.67. The van der Waals surface area contributed by atoms with Crippen molar-refractivity contribution >= 4 is 17.5 Å². The number of fused-ring (bicyclic) bond motifs is 1. The van der Waals surface area contributed by atoms with Crippen molar-refractivity contribution in [3.8, 4) is 0 Å². The average Bonchev–Trinajstić information content (AvgIpc) is 3.29. The summed E-state index contributed by atoms with van der Waals surface area (Å²) in [6.07, 6.45) is 8.71. The standard InChI is InChI=1S/C14H16N8O/c23-14(18-13-3-5-15-12-4-6-17-22(12)13)21-8-1-2-11(21)10-20-9-7-16-19-20/h3-7,9,11H,1-2,8,10H2,(H,18,23)/t11-/m0/s1. The van der Waals surface area contributed by atoms with Gasteiger partial charge in [0.2, 0.25) is 0 Å². The molecule has 0 unspecified atom stereocenters. The number of carbonyl (C=O) groups is 1. The third kappa shape index (κ3) is 2.60. The van der Waals surface area contributed by atoms with E-state index in [9.17, 15) is 4.79 Å². The molecule has 1 aliphatic rings. The van der Waals surface area contributed by atoms with Crippen molar-refractivity contribution in [3.05, 3.63) is 36.9 Å². The number of urea groups is 1. The smallest absolute Gasteiger partial charge is 0.320 e. The van der Waals surface area contributed by atoms with Crippen LogP contribution in [-0.4, -0.2) is 53.1 Å². The molecule has 1 atom stereocenters. The third-order valence-electron chi connectivity index (χ3n) is 4.03. The largest absolute Gasteiger partial charge is 0.323 e. The molecule has 0 aromatic carbocycles. The van der Waals surface area contributed by atoms with Crippen molar-refractivity contribution in [1.29, 1.82) is 0 Å². The van der Waals surface area contributed by atoms with Crippen LogP contribution in [0.2, 0.25) is 0 Å². The van der Waals surface area contributed by atoms with Crippen molar-refractivity contribution in [1.82, 2.24) is 34.5 Å². The zero-order valence-corrected chi connectivity index (χ0v) is 12.4. The van der Waals surface area contributed by atoms with Crippen LogP contribution in [0.4, 0.5) is 10.6 Å². The van der Waals surface area contributed by atoms with Crippen LogP contribution < -0.4 is 5.32 Å². The number of hydrogen-bond donors (Lipinski definition) is 1. The Kier molecular flexibility index (Phi) is 3.37. The maximum Gasteiger partial charge on any atom is 0.323 e. The van der Waals surface area contributed by atoms with Gasteiger partial charge in [-0.25, -0.2) is 9.78 Å². The van der Waals surface area contributed by atoms with Crippen LogP contribution in [0, 0.1) is 0 Å². The first-order chi connectivity index (χ1) is 11.3. The topological polar surface area (TPSA) is 93.2 Å². The number of hydrogen-bond acceptors (Lipinski definition) is 5. The van der Waals surface area contributed by atoms with Gasteiger partial charge in [-0.2, -0.15) is 9.61 Å². The molecule has 9 heteroatoms. The molecule has 1 saturated heterocycles. The Morgan fingerprint density at radius 3 is 3.13 bits per heavy atom. The lowest BCUT2D eigenvalue weighted by atomic mass is 10.2. The van der Waals surface area contributed by atoms with E-state index in [0.717, 1.165) is 19.4 Å². The zero-order chi connectivity index (χ0) is 15.6. The van der Waals surface area contributed by atoms with E-state index in [1.807, 2.05) is 11.1 Å². The van der Waals surface area contributed by atoms with Gasteiger partial charge in [0, 0.05) is 25.0 Å². The first-order valence-corrected chi connectivity index (χ1v) is 7.52. The maximum absolute atomic E-state index is 12.6. The molecule has 4 rings (SSSR count). The molecular weight excluding hydrogens is 296 g/mol. The Morgan fingerprint density at radius 2 is 2.26 bits per heavy atom. The summed E-state index contributed by atoms with van der Waals surface area (Å²) in [5.41, 5.74) is 0.698. The van der Waals surface area contributed by atoms with Crippen LogP contribution in [0.1, 0.15) is 12.8 Å². The van der Waals surface area contributed by atoms with Crippen LogP contribution in [0.3, 0.4) is 0 Å². The van der Waals surface area contributed by atoms with Crippen molar-refractivity contribution in [2.24, 2.45) is 0 Å². The summed E-state index contributed by atoms with van der Waals surface area (Å²) in [4.78, 5) is 18.7. The number of carbonyl (C=O) groups excluding carboxylic acids is 1. The molecule has 4 heterocycles. The maximum atomic E-state index is 12.6. The lowest BCUT2D eigenvalue weighted by molar-refractivity contribution is 0.199. The van der Waals surface area contributed by atoms with Crippen LogP contribution in [0.25, 0.3) is 5.65 Å². The molecule has 0 spiro atoms. The van der Waals surface area contributed by atoms with Crippen molar-refractivity contribution < 1.29 is 4.79 Å². The van der Waals surface area contributed by atoms with Gasteiger partial charge in [-0.05, 0) is 18.9 Å². The zero-order valence-electron chi connectivity index (χ0n) is 12.4. The Hall–Kier alpha value is -2.97. The van der Waals surface area contributed by atoms with Crippen LogP contribution >= 0.6 is 0 Å². The van der Waals surface area contributed by atoms with Crippen molar-refractivity contribution in [2.75, 3.05) is 11.9 Å². The first kappa shape index (κ1) is 13.7. The van der Waals surface area contributed by atoms with Gasteiger partial charge in [0.1, 0.15) is 5.82 Å². The third-order valence-corrected chi connectivity index (χ3v) is 4.03. The molecule has 118 valence electrons. The molecule has 1 fully saturated rings. The highest BCUT2D eigenvalue weighted by atomic mass is 16.2. The minimum atomic E-state index is -0.129. The van der Waals surface area contributed by atoms with Gasteiger partial charge in [0.25, 0.3) is 0 Å². The predicted octanol–water partition coefficient (Wildman–Crippen LogP) is 1.02. The minimum absolute atomic E-state index is 0.117. The molecule has 1 aliphatic heterocycles. The summed E-state index contributed by atoms with van der Waals surface area (Å²) in [7, 11) is 0. The Balaban J connectivity index is 1.50. The fourth-order valence-corrected chi connectivity index (χ4v) is 2.95. The molecule has 0 bridgehead atoms. The van der Waals surface area contributed by atoms with E-state index >= 15 is 0 Å². The number of nitrogens with zero attached hydrogens (tertiary/aromatic N) is 7. The summed E-state index contributed by atoms with van der Waals surface area (Å²) in [5.74, 6) is 0.608. The molecule has 0 radical (unpaired) electrons. The SMILES string of the molecule is O=C(Nc1ccnc2ccnn12)N1CCC[C@H]1Cn1ccnn1. The quantitative estimate of drug-likeness (QED) is 0.779. The molecule has 1 N–H and O–H groups in total. The molecule has 3 aromatic rings. The highest BCUT2D eigenvalue weighted by Crippen LogP contribution is 2.20. The Bertz CT molecular complexity index is 811. The number of likely N-dealkylation sites (tertiary alicyclic amines) is 1. The van der Waals surface area contributed by atoms with Gasteiger partial charge in [0.05, 0.1) is 25.0 Å². The van der Waals surface area contributed by atoms with Gasteiger partial charge in [-0.1, -0.05) is 5.21 Å². The number of nitrogens with one attached hydrogen (secondary N) is 1. The second-order valence-electron chi connectivity index (χ2n) is 5.48. The van der Waals surface area contributed by atoms with Gasteiger partial charge in [0.15, 0.2) is 5.65 Å². The van der Waals surface area contributed by atoms with E-state index in [2.05, 4.69) is 25.7 Å². The van der Waals surface area contributed by atoms with Gasteiger partial charge < -0.3 is 4.90 Å². The van der Waals surface area contributed by atoms with Crippen LogP contribution in [0.5, 0.6) is 0 Å². The Labute approximate surface area is 131 Å². The van der Waals surface area contributed by atoms with Crippen molar-refractivity contribution in [3.63, 3.8) is 0 Å². The summed E-state index contributed by atoms with van der Waals surface area (Å²) in [6.45, 7) is 1.39. The number of rotatable bonds is 3. The minimum Gasteiger partial charge on any atom is -0.320 e. The highest BCUT2D eigenvalue weighted by molar-refractivity contribution is 5.89. The molecule has 0 aliphatic carbocycles. The lowest BCUT2D eigenvalue weighted by Gasteiger charge is -2.24. The summed E-state index contributed by atoms with van der Waals surface area (Å²) < 4.78 is 3.37. The lowest BCUT2D eigenvalue weighted by Crippen LogP contribution is -2.41. The van der Waals surface area contributed by atoms with E-state index in [1.165, 1.54) is 0 Å². The summed E-state index contributed by atoms with van der Waals surface area (Å²) >= 11 is 0. The monoisotopic (exact) mass is 312 g/mol. The number of amides is 2. The van der Waals surface area contributed by atoms with E-state index in [-0.39, 0.29) is 12.1 Å².